The molecule has 0 amide bonds. The molecule has 2 aromatic rings. The minimum atomic E-state index is -0.368. The van der Waals surface area contributed by atoms with Gasteiger partial charge in [-0.25, -0.2) is 9.78 Å². The summed E-state index contributed by atoms with van der Waals surface area (Å²) in [5.74, 6) is 0.158. The van der Waals surface area contributed by atoms with Crippen LogP contribution in [0.15, 0.2) is 29.4 Å². The van der Waals surface area contributed by atoms with Gasteiger partial charge in [0.05, 0.1) is 12.7 Å². The largest absolute Gasteiger partial charge is 0.465 e. The van der Waals surface area contributed by atoms with E-state index in [0.717, 1.165) is 5.56 Å². The van der Waals surface area contributed by atoms with Crippen molar-refractivity contribution >= 4 is 40.9 Å². The van der Waals surface area contributed by atoms with Crippen LogP contribution >= 0.6 is 35.0 Å². The van der Waals surface area contributed by atoms with Gasteiger partial charge in [0.2, 0.25) is 0 Å². The van der Waals surface area contributed by atoms with Gasteiger partial charge in [-0.05, 0) is 11.6 Å². The Bertz CT molecular complexity index is 676. The number of imidazole rings is 1. The number of hydrogen-bond acceptors (Lipinski definition) is 5. The highest BCUT2D eigenvalue weighted by Crippen LogP contribution is 2.31. The van der Waals surface area contributed by atoms with Crippen molar-refractivity contribution in [1.82, 2.24) is 9.55 Å². The summed E-state index contributed by atoms with van der Waals surface area (Å²) >= 11 is 13.4. The Morgan fingerprint density at radius 3 is 2.73 bits per heavy atom. The van der Waals surface area contributed by atoms with Crippen molar-refractivity contribution in [3.63, 3.8) is 0 Å². The van der Waals surface area contributed by atoms with Crippen LogP contribution in [0.4, 0.5) is 0 Å². The van der Waals surface area contributed by atoms with Crippen molar-refractivity contribution in [3.8, 4) is 0 Å². The van der Waals surface area contributed by atoms with Gasteiger partial charge in [0.1, 0.15) is 6.73 Å². The first-order valence-corrected chi connectivity index (χ1v) is 8.02. The summed E-state index contributed by atoms with van der Waals surface area (Å²) in [6.07, 6.45) is 0. The average molecular weight is 361 g/mol. The number of ether oxygens (including phenoxy) is 2. The Balaban J connectivity index is 2.21. The highest BCUT2D eigenvalue weighted by atomic mass is 35.5. The molecule has 1 aromatic heterocycles. The first-order valence-electron chi connectivity index (χ1n) is 6.28. The van der Waals surface area contributed by atoms with Gasteiger partial charge in [0, 0.05) is 12.9 Å². The topological polar surface area (TPSA) is 53.4 Å². The Kier molecular flexibility index (Phi) is 6.14. The molecular weight excluding hydrogens is 347 g/mol. The first kappa shape index (κ1) is 17.1. The second-order valence-corrected chi connectivity index (χ2v) is 5.92. The number of aromatic nitrogens is 2. The molecule has 0 radical (unpaired) electrons. The van der Waals surface area contributed by atoms with Gasteiger partial charge < -0.3 is 9.47 Å². The molecule has 22 heavy (non-hydrogen) atoms. The fourth-order valence-corrected chi connectivity index (χ4v) is 3.28. The van der Waals surface area contributed by atoms with Crippen LogP contribution < -0.4 is 0 Å². The molecule has 0 spiro atoms. The lowest BCUT2D eigenvalue weighted by Crippen LogP contribution is -2.05. The molecule has 0 atom stereocenters. The van der Waals surface area contributed by atoms with Crippen molar-refractivity contribution in [2.24, 2.45) is 0 Å². The number of methoxy groups -OCH3 is 2. The van der Waals surface area contributed by atoms with Crippen LogP contribution in [0.3, 0.4) is 0 Å². The number of halogens is 2. The maximum atomic E-state index is 11.8. The maximum Gasteiger partial charge on any atom is 0.338 e. The lowest BCUT2D eigenvalue weighted by molar-refractivity contribution is 0.0600. The monoisotopic (exact) mass is 360 g/mol. The number of carbonyl (C=O) groups excluding carboxylic acids is 1. The molecule has 0 fully saturated rings. The second kappa shape index (κ2) is 7.87. The fourth-order valence-electron chi connectivity index (χ4n) is 1.83. The lowest BCUT2D eigenvalue weighted by Gasteiger charge is -2.09. The molecule has 0 saturated carbocycles. The smallest absolute Gasteiger partial charge is 0.338 e. The summed E-state index contributed by atoms with van der Waals surface area (Å²) in [6.45, 7) is 0.250. The summed E-state index contributed by atoms with van der Waals surface area (Å²) in [6, 6.07) is 7.25. The molecule has 0 unspecified atom stereocenters. The van der Waals surface area contributed by atoms with Gasteiger partial charge >= 0.3 is 5.97 Å². The van der Waals surface area contributed by atoms with Gasteiger partial charge in [-0.2, -0.15) is 0 Å². The summed E-state index contributed by atoms with van der Waals surface area (Å²) in [5, 5.41) is 1.17. The molecule has 1 heterocycles. The minimum Gasteiger partial charge on any atom is -0.465 e. The summed E-state index contributed by atoms with van der Waals surface area (Å²) < 4.78 is 11.5. The molecule has 0 N–H and O–H groups in total. The summed E-state index contributed by atoms with van der Waals surface area (Å²) in [4.78, 5) is 16.0. The van der Waals surface area contributed by atoms with E-state index in [1.165, 1.54) is 18.9 Å². The normalized spacial score (nSPS) is 10.7. The van der Waals surface area contributed by atoms with Crippen molar-refractivity contribution in [3.05, 3.63) is 45.7 Å². The van der Waals surface area contributed by atoms with Crippen LogP contribution in [-0.4, -0.2) is 29.7 Å². The van der Waals surface area contributed by atoms with E-state index in [1.54, 1.807) is 23.8 Å². The molecular formula is C14H14Cl2N2O3S. The van der Waals surface area contributed by atoms with Crippen molar-refractivity contribution in [2.45, 2.75) is 17.6 Å². The molecule has 118 valence electrons. The number of hydrogen-bond donors (Lipinski definition) is 0. The summed E-state index contributed by atoms with van der Waals surface area (Å²) in [7, 11) is 2.92. The molecule has 0 aliphatic rings. The number of thioether (sulfide) groups is 1. The summed E-state index contributed by atoms with van der Waals surface area (Å²) in [5.41, 5.74) is 1.37. The Hall–Kier alpha value is -1.21. The molecule has 2 rings (SSSR count). The highest BCUT2D eigenvalue weighted by Gasteiger charge is 2.16. The molecule has 8 heteroatoms. The zero-order chi connectivity index (χ0) is 16.1. The van der Waals surface area contributed by atoms with Crippen LogP contribution in [0.2, 0.25) is 10.3 Å². The van der Waals surface area contributed by atoms with Gasteiger partial charge in [0.25, 0.3) is 0 Å². The SMILES string of the molecule is COCn1c(SCc2ccccc2C(=O)OC)nc(Cl)c1Cl. The predicted molar refractivity (Wildman–Crippen MR) is 86.6 cm³/mol. The maximum absolute atomic E-state index is 11.8. The van der Waals surface area contributed by atoms with Gasteiger partial charge in [-0.1, -0.05) is 53.2 Å². The third-order valence-corrected chi connectivity index (χ3v) is 4.64. The van der Waals surface area contributed by atoms with Crippen molar-refractivity contribution < 1.29 is 14.3 Å². The van der Waals surface area contributed by atoms with E-state index >= 15 is 0 Å². The third-order valence-electron chi connectivity index (χ3n) is 2.87. The van der Waals surface area contributed by atoms with E-state index in [4.69, 9.17) is 32.7 Å². The lowest BCUT2D eigenvalue weighted by atomic mass is 10.1. The number of carbonyl (C=O) groups is 1. The Morgan fingerprint density at radius 1 is 1.32 bits per heavy atom. The van der Waals surface area contributed by atoms with Crippen LogP contribution in [0.25, 0.3) is 0 Å². The molecule has 0 aliphatic heterocycles. The van der Waals surface area contributed by atoms with E-state index in [9.17, 15) is 4.79 Å². The van der Waals surface area contributed by atoms with Gasteiger partial charge in [-0.15, -0.1) is 0 Å². The van der Waals surface area contributed by atoms with E-state index in [-0.39, 0.29) is 17.9 Å². The highest BCUT2D eigenvalue weighted by molar-refractivity contribution is 7.98. The first-order chi connectivity index (χ1) is 10.6. The number of rotatable bonds is 6. The number of nitrogens with zero attached hydrogens (tertiary/aromatic N) is 2. The molecule has 5 nitrogen and oxygen atoms in total. The van der Waals surface area contributed by atoms with E-state index < -0.39 is 0 Å². The molecule has 1 aromatic carbocycles. The van der Waals surface area contributed by atoms with Crippen LogP contribution in [0.1, 0.15) is 15.9 Å². The van der Waals surface area contributed by atoms with Gasteiger partial charge in [-0.3, -0.25) is 4.57 Å². The zero-order valence-electron chi connectivity index (χ0n) is 12.0. The standard InChI is InChI=1S/C14H14Cl2N2O3S/c1-20-8-18-12(16)11(15)17-14(18)22-7-9-5-3-4-6-10(9)13(19)21-2/h3-6H,7-8H2,1-2H3. The quantitative estimate of drug-likeness (QED) is 0.578. The number of esters is 1. The van der Waals surface area contributed by atoms with Crippen molar-refractivity contribution in [2.75, 3.05) is 14.2 Å². The average Bonchev–Trinajstić information content (AvgIpc) is 2.80. The molecule has 0 aliphatic carbocycles. The number of benzene rings is 1. The molecule has 0 bridgehead atoms. The minimum absolute atomic E-state index is 0.225. The molecule has 0 saturated heterocycles. The third kappa shape index (κ3) is 3.76. The van der Waals surface area contributed by atoms with Gasteiger partial charge in [0.15, 0.2) is 15.5 Å². The van der Waals surface area contributed by atoms with E-state index in [0.29, 0.717) is 21.6 Å². The van der Waals surface area contributed by atoms with Crippen molar-refractivity contribution in [1.29, 1.82) is 0 Å². The van der Waals surface area contributed by atoms with Crippen LogP contribution in [-0.2, 0) is 22.0 Å². The zero-order valence-corrected chi connectivity index (χ0v) is 14.3. The van der Waals surface area contributed by atoms with Crippen LogP contribution in [0.5, 0.6) is 0 Å². The van der Waals surface area contributed by atoms with E-state index in [1.807, 2.05) is 12.1 Å². The van der Waals surface area contributed by atoms with E-state index in [2.05, 4.69) is 4.98 Å². The van der Waals surface area contributed by atoms with Crippen LogP contribution in [0, 0.1) is 0 Å². The second-order valence-electron chi connectivity index (χ2n) is 4.26. The Morgan fingerprint density at radius 2 is 2.05 bits per heavy atom. The predicted octanol–water partition coefficient (Wildman–Crippen LogP) is 3.87. The fraction of sp³-hybridized carbons (Fsp3) is 0.286. The Labute approximate surface area is 142 Å².